The van der Waals surface area contributed by atoms with E-state index in [0.717, 1.165) is 17.8 Å². The van der Waals surface area contributed by atoms with Crippen LogP contribution in [0, 0.1) is 17.8 Å². The summed E-state index contributed by atoms with van der Waals surface area (Å²) < 4.78 is 0. The van der Waals surface area contributed by atoms with Crippen LogP contribution in [0.2, 0.25) is 0 Å². The van der Waals surface area contributed by atoms with Gasteiger partial charge in [0.25, 0.3) is 0 Å². The Morgan fingerprint density at radius 2 is 2.00 bits per heavy atom. The third kappa shape index (κ3) is 0.452. The third-order valence-electron chi connectivity index (χ3n) is 3.24. The van der Waals surface area contributed by atoms with E-state index in [1.807, 2.05) is 0 Å². The minimum Gasteiger partial charge on any atom is -0.0698 e. The van der Waals surface area contributed by atoms with Crippen molar-refractivity contribution in [2.75, 3.05) is 0 Å². The lowest BCUT2D eigenvalue weighted by molar-refractivity contribution is 0.461. The van der Waals surface area contributed by atoms with Crippen molar-refractivity contribution in [3.8, 4) is 0 Å². The Hall–Kier alpha value is -0.260. The van der Waals surface area contributed by atoms with Crippen LogP contribution in [-0.4, -0.2) is 0 Å². The van der Waals surface area contributed by atoms with Gasteiger partial charge in [0, 0.05) is 0 Å². The monoisotopic (exact) mass is 122 g/mol. The summed E-state index contributed by atoms with van der Waals surface area (Å²) in [5.74, 6) is 2.85. The van der Waals surface area contributed by atoms with Crippen molar-refractivity contribution in [3.63, 3.8) is 0 Å². The van der Waals surface area contributed by atoms with Crippen LogP contribution in [0.1, 0.15) is 27.2 Å². The normalized spacial score (nSPS) is 47.7. The van der Waals surface area contributed by atoms with Crippen LogP contribution in [-0.2, 0) is 0 Å². The quantitative estimate of drug-likeness (QED) is 0.433. The van der Waals surface area contributed by atoms with E-state index in [-0.39, 0.29) is 0 Å². The number of hydrogen-bond donors (Lipinski definition) is 0. The molecule has 9 heavy (non-hydrogen) atoms. The zero-order chi connectivity index (χ0) is 6.59. The third-order valence-corrected chi connectivity index (χ3v) is 3.24. The van der Waals surface area contributed by atoms with E-state index in [2.05, 4.69) is 20.8 Å². The minimum absolute atomic E-state index is 0.921. The highest BCUT2D eigenvalue weighted by Gasteiger charge is 2.44. The summed E-state index contributed by atoms with van der Waals surface area (Å²) in [6.07, 6.45) is 1.45. The Labute approximate surface area is 57.0 Å². The Morgan fingerprint density at radius 3 is 2.11 bits per heavy atom. The molecule has 0 aromatic carbocycles. The molecule has 0 aliphatic heterocycles. The van der Waals surface area contributed by atoms with Crippen molar-refractivity contribution >= 4 is 0 Å². The van der Waals surface area contributed by atoms with E-state index in [0.29, 0.717) is 0 Å². The maximum absolute atomic E-state index is 2.37. The van der Waals surface area contributed by atoms with E-state index in [4.69, 9.17) is 0 Å². The zero-order valence-electron chi connectivity index (χ0n) is 6.44. The smallest absolute Gasteiger partial charge is 0.0134 e. The Morgan fingerprint density at radius 1 is 1.33 bits per heavy atom. The maximum atomic E-state index is 2.37. The molecule has 50 valence electrons. The highest BCUT2D eigenvalue weighted by atomic mass is 14.5. The molecule has 3 atom stereocenters. The van der Waals surface area contributed by atoms with E-state index >= 15 is 0 Å². The lowest BCUT2D eigenvalue weighted by Crippen LogP contribution is -2.18. The van der Waals surface area contributed by atoms with Crippen molar-refractivity contribution in [1.82, 2.24) is 0 Å². The summed E-state index contributed by atoms with van der Waals surface area (Å²) in [5, 5.41) is 0. The topological polar surface area (TPSA) is 0 Å². The SMILES string of the molecule is CC1=C2C(C)C1C[C@@H]2C. The molecule has 0 radical (unpaired) electrons. The average molecular weight is 122 g/mol. The van der Waals surface area contributed by atoms with E-state index in [1.54, 1.807) is 11.1 Å². The van der Waals surface area contributed by atoms with Gasteiger partial charge in [-0.05, 0) is 31.1 Å². The molecule has 2 unspecified atom stereocenters. The van der Waals surface area contributed by atoms with Crippen LogP contribution in [0.25, 0.3) is 0 Å². The van der Waals surface area contributed by atoms with E-state index in [1.165, 1.54) is 6.42 Å². The van der Waals surface area contributed by atoms with Crippen LogP contribution in [0.5, 0.6) is 0 Å². The molecule has 0 N–H and O–H groups in total. The fraction of sp³-hybridized carbons (Fsp3) is 0.778. The number of rotatable bonds is 0. The lowest BCUT2D eigenvalue weighted by Gasteiger charge is -2.29. The Balaban J connectivity index is 2.35. The first-order valence-corrected chi connectivity index (χ1v) is 3.92. The molecule has 0 spiro atoms. The standard InChI is InChI=1S/C9H14/c1-5-4-8-6(2)9(5)7(8)3/h5-6,8H,4H2,1-3H3/t5-,6?,8?/m0/s1. The van der Waals surface area contributed by atoms with Gasteiger partial charge < -0.3 is 0 Å². The number of hydrogen-bond acceptors (Lipinski definition) is 0. The van der Waals surface area contributed by atoms with Crippen LogP contribution in [0.15, 0.2) is 11.1 Å². The van der Waals surface area contributed by atoms with E-state index in [9.17, 15) is 0 Å². The predicted octanol–water partition coefficient (Wildman–Crippen LogP) is 2.61. The van der Waals surface area contributed by atoms with Crippen molar-refractivity contribution in [1.29, 1.82) is 0 Å². The molecular weight excluding hydrogens is 108 g/mol. The van der Waals surface area contributed by atoms with Gasteiger partial charge >= 0.3 is 0 Å². The Kier molecular flexibility index (Phi) is 0.870. The van der Waals surface area contributed by atoms with Gasteiger partial charge in [-0.3, -0.25) is 0 Å². The average Bonchev–Trinajstić information content (AvgIpc) is 2.23. The lowest BCUT2D eigenvalue weighted by atomic mass is 9.76. The first-order chi connectivity index (χ1) is 4.22. The zero-order valence-corrected chi connectivity index (χ0v) is 6.44. The van der Waals surface area contributed by atoms with Crippen LogP contribution < -0.4 is 0 Å². The number of fused-ring (bicyclic) bond motifs is 1. The molecule has 3 rings (SSSR count). The Bertz CT molecular complexity index is 170. The predicted molar refractivity (Wildman–Crippen MR) is 39.1 cm³/mol. The van der Waals surface area contributed by atoms with Gasteiger partial charge in [-0.2, -0.15) is 0 Å². The molecule has 1 saturated carbocycles. The van der Waals surface area contributed by atoms with Crippen LogP contribution in [0.3, 0.4) is 0 Å². The highest BCUT2D eigenvalue weighted by molar-refractivity contribution is 5.37. The summed E-state index contributed by atoms with van der Waals surface area (Å²) in [4.78, 5) is 0. The van der Waals surface area contributed by atoms with Crippen molar-refractivity contribution in [2.24, 2.45) is 17.8 Å². The fourth-order valence-electron chi connectivity index (χ4n) is 2.79. The molecular formula is C9H14. The minimum atomic E-state index is 0.921. The van der Waals surface area contributed by atoms with Crippen LogP contribution >= 0.6 is 0 Å². The molecule has 0 saturated heterocycles. The van der Waals surface area contributed by atoms with Gasteiger partial charge in [-0.1, -0.05) is 25.0 Å². The van der Waals surface area contributed by atoms with Gasteiger partial charge in [0.15, 0.2) is 0 Å². The molecule has 3 aliphatic carbocycles. The van der Waals surface area contributed by atoms with Gasteiger partial charge in [0.1, 0.15) is 0 Å². The number of allylic oxidation sites excluding steroid dienone is 2. The molecule has 3 aliphatic rings. The van der Waals surface area contributed by atoms with Gasteiger partial charge in [0.05, 0.1) is 0 Å². The summed E-state index contributed by atoms with van der Waals surface area (Å²) >= 11 is 0. The van der Waals surface area contributed by atoms with E-state index < -0.39 is 0 Å². The molecule has 0 aromatic rings. The van der Waals surface area contributed by atoms with Gasteiger partial charge in [0.2, 0.25) is 0 Å². The molecule has 1 fully saturated rings. The molecule has 2 bridgehead atoms. The molecule has 0 heteroatoms. The second-order valence-corrected chi connectivity index (χ2v) is 3.67. The van der Waals surface area contributed by atoms with Crippen LogP contribution in [0.4, 0.5) is 0 Å². The van der Waals surface area contributed by atoms with Crippen molar-refractivity contribution in [3.05, 3.63) is 11.1 Å². The fourth-order valence-corrected chi connectivity index (χ4v) is 2.79. The van der Waals surface area contributed by atoms with Gasteiger partial charge in [-0.15, -0.1) is 0 Å². The first-order valence-electron chi connectivity index (χ1n) is 3.92. The highest BCUT2D eigenvalue weighted by Crippen LogP contribution is 2.55. The molecule has 0 aromatic heterocycles. The molecule has 0 amide bonds. The summed E-state index contributed by atoms with van der Waals surface area (Å²) in [6, 6.07) is 0. The van der Waals surface area contributed by atoms with Crippen molar-refractivity contribution in [2.45, 2.75) is 27.2 Å². The second-order valence-electron chi connectivity index (χ2n) is 3.67. The first kappa shape index (κ1) is 5.52. The summed E-state index contributed by atoms with van der Waals surface area (Å²) in [6.45, 7) is 7.04. The second kappa shape index (κ2) is 1.42. The summed E-state index contributed by atoms with van der Waals surface area (Å²) in [7, 11) is 0. The van der Waals surface area contributed by atoms with Gasteiger partial charge in [-0.25, -0.2) is 0 Å². The molecule has 0 nitrogen and oxygen atoms in total. The maximum Gasteiger partial charge on any atom is -0.0134 e. The van der Waals surface area contributed by atoms with Crippen molar-refractivity contribution < 1.29 is 0 Å². The largest absolute Gasteiger partial charge is 0.0698 e. The summed E-state index contributed by atoms with van der Waals surface area (Å²) in [5.41, 5.74) is 3.50. The molecule has 0 heterocycles.